The number of aliphatic carboxylic acids is 1. The van der Waals surface area contributed by atoms with Crippen LogP contribution < -0.4 is 0 Å². The number of ether oxygens (including phenoxy) is 1. The molecule has 2 N–H and O–H groups in total. The molecule has 1 aliphatic carbocycles. The minimum absolute atomic E-state index is 0.000324. The molecule has 1 saturated carbocycles. The van der Waals surface area contributed by atoms with Crippen molar-refractivity contribution in [1.82, 2.24) is 0 Å². The number of rotatable bonds is 3. The van der Waals surface area contributed by atoms with Gasteiger partial charge in [-0.3, -0.25) is 4.79 Å². The molecule has 0 amide bonds. The molecule has 0 aromatic rings. The zero-order chi connectivity index (χ0) is 9.84. The number of hydrogen-bond donors (Lipinski definition) is 2. The third kappa shape index (κ3) is 2.67. The second-order valence-corrected chi connectivity index (χ2v) is 3.53. The summed E-state index contributed by atoms with van der Waals surface area (Å²) in [6.45, 7) is 0. The van der Waals surface area contributed by atoms with Crippen molar-refractivity contribution in [3.05, 3.63) is 0 Å². The molecule has 0 saturated heterocycles. The molecule has 0 aliphatic heterocycles. The minimum Gasteiger partial charge on any atom is -0.481 e. The zero-order valence-electron chi connectivity index (χ0n) is 7.77. The van der Waals surface area contributed by atoms with Gasteiger partial charge in [-0.15, -0.1) is 0 Å². The largest absolute Gasteiger partial charge is 0.481 e. The quantitative estimate of drug-likeness (QED) is 0.682. The van der Waals surface area contributed by atoms with Gasteiger partial charge >= 0.3 is 5.97 Å². The van der Waals surface area contributed by atoms with Crippen molar-refractivity contribution < 1.29 is 19.7 Å². The van der Waals surface area contributed by atoms with E-state index in [-0.39, 0.29) is 18.4 Å². The molecule has 0 heterocycles. The molecule has 3 unspecified atom stereocenters. The van der Waals surface area contributed by atoms with Gasteiger partial charge in [-0.1, -0.05) is 0 Å². The van der Waals surface area contributed by atoms with Crippen molar-refractivity contribution in [1.29, 1.82) is 0 Å². The van der Waals surface area contributed by atoms with Crippen LogP contribution >= 0.6 is 0 Å². The fourth-order valence-electron chi connectivity index (χ4n) is 1.97. The van der Waals surface area contributed by atoms with E-state index in [9.17, 15) is 9.90 Å². The summed E-state index contributed by atoms with van der Waals surface area (Å²) in [5, 5.41) is 18.2. The van der Waals surface area contributed by atoms with Gasteiger partial charge in [0.25, 0.3) is 0 Å². The van der Waals surface area contributed by atoms with Gasteiger partial charge in [0.1, 0.15) is 0 Å². The van der Waals surface area contributed by atoms with Gasteiger partial charge in [-0.25, -0.2) is 0 Å². The maximum atomic E-state index is 10.5. The average Bonchev–Trinajstić information content (AvgIpc) is 2.08. The Morgan fingerprint density at radius 1 is 1.54 bits per heavy atom. The fourth-order valence-corrected chi connectivity index (χ4v) is 1.97. The molecule has 0 radical (unpaired) electrons. The van der Waals surface area contributed by atoms with Crippen LogP contribution in [-0.4, -0.2) is 35.5 Å². The summed E-state index contributed by atoms with van der Waals surface area (Å²) in [7, 11) is 1.57. The number of aliphatic hydroxyl groups is 1. The molecule has 3 atom stereocenters. The highest BCUT2D eigenvalue weighted by Crippen LogP contribution is 2.29. The van der Waals surface area contributed by atoms with Crippen LogP contribution in [0.3, 0.4) is 0 Å². The average molecular weight is 188 g/mol. The van der Waals surface area contributed by atoms with Gasteiger partial charge in [0.2, 0.25) is 0 Å². The van der Waals surface area contributed by atoms with Gasteiger partial charge in [-0.05, 0) is 19.3 Å². The first-order valence-corrected chi connectivity index (χ1v) is 4.57. The van der Waals surface area contributed by atoms with Crippen molar-refractivity contribution in [3.63, 3.8) is 0 Å². The number of hydrogen-bond acceptors (Lipinski definition) is 3. The second kappa shape index (κ2) is 4.58. The second-order valence-electron chi connectivity index (χ2n) is 3.53. The SMILES string of the molecule is COC1CCCC(O)C1CC(=O)O. The van der Waals surface area contributed by atoms with E-state index in [4.69, 9.17) is 9.84 Å². The Morgan fingerprint density at radius 2 is 2.23 bits per heavy atom. The van der Waals surface area contributed by atoms with Crippen LogP contribution in [0.2, 0.25) is 0 Å². The van der Waals surface area contributed by atoms with Gasteiger partial charge in [0.05, 0.1) is 18.6 Å². The van der Waals surface area contributed by atoms with Crippen LogP contribution in [0.1, 0.15) is 25.7 Å². The van der Waals surface area contributed by atoms with Crippen molar-refractivity contribution in [2.24, 2.45) is 5.92 Å². The fraction of sp³-hybridized carbons (Fsp3) is 0.889. The summed E-state index contributed by atoms with van der Waals surface area (Å²) < 4.78 is 5.15. The minimum atomic E-state index is -0.868. The topological polar surface area (TPSA) is 66.8 Å². The van der Waals surface area contributed by atoms with Gasteiger partial charge < -0.3 is 14.9 Å². The van der Waals surface area contributed by atoms with Crippen molar-refractivity contribution >= 4 is 5.97 Å². The van der Waals surface area contributed by atoms with E-state index in [2.05, 4.69) is 0 Å². The Balaban J connectivity index is 2.56. The predicted octanol–water partition coefficient (Wildman–Crippen LogP) is 0.637. The number of carboxylic acids is 1. The lowest BCUT2D eigenvalue weighted by molar-refractivity contribution is -0.142. The van der Waals surface area contributed by atoms with Gasteiger partial charge in [0.15, 0.2) is 0 Å². The molecule has 4 nitrogen and oxygen atoms in total. The molecule has 76 valence electrons. The summed E-state index contributed by atoms with van der Waals surface area (Å²) in [6.07, 6.45) is 1.84. The number of aliphatic hydroxyl groups excluding tert-OH is 1. The van der Waals surface area contributed by atoms with E-state index in [0.29, 0.717) is 6.42 Å². The molecular weight excluding hydrogens is 172 g/mol. The summed E-state index contributed by atoms with van der Waals surface area (Å²) >= 11 is 0. The molecule has 1 rings (SSSR count). The van der Waals surface area contributed by atoms with Gasteiger partial charge in [-0.2, -0.15) is 0 Å². The van der Waals surface area contributed by atoms with Crippen molar-refractivity contribution in [2.75, 3.05) is 7.11 Å². The number of carboxylic acid groups (broad SMARTS) is 1. The lowest BCUT2D eigenvalue weighted by Crippen LogP contribution is -2.38. The van der Waals surface area contributed by atoms with Crippen molar-refractivity contribution in [2.45, 2.75) is 37.9 Å². The maximum Gasteiger partial charge on any atom is 0.303 e. The Bertz CT molecular complexity index is 180. The summed E-state index contributed by atoms with van der Waals surface area (Å²) in [4.78, 5) is 10.5. The van der Waals surface area contributed by atoms with E-state index in [1.54, 1.807) is 7.11 Å². The molecule has 1 aliphatic rings. The van der Waals surface area contributed by atoms with E-state index in [1.807, 2.05) is 0 Å². The Hall–Kier alpha value is -0.610. The van der Waals surface area contributed by atoms with Crippen LogP contribution in [0.5, 0.6) is 0 Å². The molecule has 0 spiro atoms. The molecule has 4 heteroatoms. The maximum absolute atomic E-state index is 10.5. The van der Waals surface area contributed by atoms with Crippen LogP contribution in [0.4, 0.5) is 0 Å². The summed E-state index contributed by atoms with van der Waals surface area (Å²) in [5.41, 5.74) is 0. The highest BCUT2D eigenvalue weighted by Gasteiger charge is 2.33. The van der Waals surface area contributed by atoms with Crippen molar-refractivity contribution in [3.8, 4) is 0 Å². The highest BCUT2D eigenvalue weighted by atomic mass is 16.5. The van der Waals surface area contributed by atoms with E-state index < -0.39 is 12.1 Å². The normalized spacial score (nSPS) is 34.5. The monoisotopic (exact) mass is 188 g/mol. The van der Waals surface area contributed by atoms with Crippen LogP contribution in [0, 0.1) is 5.92 Å². The third-order valence-corrected chi connectivity index (χ3v) is 2.67. The van der Waals surface area contributed by atoms with E-state index in [0.717, 1.165) is 12.8 Å². The Morgan fingerprint density at radius 3 is 2.77 bits per heavy atom. The van der Waals surface area contributed by atoms with Crippen LogP contribution in [0.15, 0.2) is 0 Å². The number of carbonyl (C=O) groups is 1. The lowest BCUT2D eigenvalue weighted by Gasteiger charge is -2.33. The van der Waals surface area contributed by atoms with E-state index >= 15 is 0 Å². The first-order valence-electron chi connectivity index (χ1n) is 4.57. The smallest absolute Gasteiger partial charge is 0.303 e. The molecule has 0 aromatic carbocycles. The predicted molar refractivity (Wildman–Crippen MR) is 46.4 cm³/mol. The summed E-state index contributed by atoms with van der Waals surface area (Å²) in [6, 6.07) is 0. The Labute approximate surface area is 77.5 Å². The third-order valence-electron chi connectivity index (χ3n) is 2.67. The van der Waals surface area contributed by atoms with Crippen LogP contribution in [0.25, 0.3) is 0 Å². The molecule has 13 heavy (non-hydrogen) atoms. The molecule has 0 bridgehead atoms. The molecular formula is C9H16O4. The number of methoxy groups -OCH3 is 1. The Kier molecular flexibility index (Phi) is 3.69. The molecule has 0 aromatic heterocycles. The standard InChI is InChI=1S/C9H16O4/c1-13-8-4-2-3-7(10)6(8)5-9(11)12/h6-8,10H,2-5H2,1H3,(H,11,12). The highest BCUT2D eigenvalue weighted by molar-refractivity contribution is 5.67. The molecule has 1 fully saturated rings. The first-order chi connectivity index (χ1) is 6.15. The zero-order valence-corrected chi connectivity index (χ0v) is 7.77. The lowest BCUT2D eigenvalue weighted by atomic mass is 9.82. The van der Waals surface area contributed by atoms with Gasteiger partial charge in [0, 0.05) is 13.0 Å². The first kappa shape index (κ1) is 10.5. The van der Waals surface area contributed by atoms with E-state index in [1.165, 1.54) is 0 Å². The summed E-state index contributed by atoms with van der Waals surface area (Å²) in [5.74, 6) is -1.11. The van der Waals surface area contributed by atoms with Crippen LogP contribution in [-0.2, 0) is 9.53 Å².